The number of halogens is 1. The minimum absolute atomic E-state index is 0.0770. The molecule has 1 aromatic carbocycles. The number of aromatic nitrogens is 2. The Kier molecular flexibility index (Phi) is 6.68. The number of carbonyl (C=O) groups excluding carboxylic acids is 1. The van der Waals surface area contributed by atoms with E-state index >= 15 is 0 Å². The molecule has 0 amide bonds. The zero-order chi connectivity index (χ0) is 25.6. The molecule has 3 atom stereocenters. The molecule has 2 aliphatic heterocycles. The summed E-state index contributed by atoms with van der Waals surface area (Å²) in [6, 6.07) is 9.26. The fourth-order valence-electron chi connectivity index (χ4n) is 6.62. The number of benzene rings is 1. The molecule has 0 saturated carbocycles. The predicted molar refractivity (Wildman–Crippen MR) is 144 cm³/mol. The SMILES string of the molecule is CN1CCC[C@H]1COc1nc2c(c(N3CCN[C@@H](CC#N)C3)n1)CCC1(Cc3cccc(Br)c3C1)C2=O. The molecule has 3 heterocycles. The van der Waals surface area contributed by atoms with Crippen LogP contribution in [-0.2, 0) is 19.3 Å². The van der Waals surface area contributed by atoms with E-state index in [1.165, 1.54) is 17.5 Å². The van der Waals surface area contributed by atoms with Gasteiger partial charge in [-0.3, -0.25) is 4.79 Å². The molecule has 0 bridgehead atoms. The average Bonchev–Trinajstić information content (AvgIpc) is 3.49. The minimum Gasteiger partial charge on any atom is -0.462 e. The van der Waals surface area contributed by atoms with Crippen LogP contribution in [0.5, 0.6) is 6.01 Å². The highest BCUT2D eigenvalue weighted by Gasteiger charge is 2.49. The summed E-state index contributed by atoms with van der Waals surface area (Å²) in [5.41, 5.74) is 3.51. The van der Waals surface area contributed by atoms with Crippen molar-refractivity contribution in [2.24, 2.45) is 5.41 Å². The smallest absolute Gasteiger partial charge is 0.319 e. The number of nitrogens with zero attached hydrogens (tertiary/aromatic N) is 5. The number of nitriles is 1. The number of carbonyl (C=O) groups is 1. The molecule has 1 N–H and O–H groups in total. The molecule has 2 aromatic rings. The Morgan fingerprint density at radius 1 is 1.27 bits per heavy atom. The maximum Gasteiger partial charge on any atom is 0.319 e. The van der Waals surface area contributed by atoms with Crippen LogP contribution in [0.3, 0.4) is 0 Å². The number of likely N-dealkylation sites (tertiary alicyclic amines) is 1. The van der Waals surface area contributed by atoms with Crippen LogP contribution in [0.2, 0.25) is 0 Å². The monoisotopic (exact) mass is 564 g/mol. The maximum absolute atomic E-state index is 14.2. The first-order valence-electron chi connectivity index (χ1n) is 13.4. The first-order valence-corrected chi connectivity index (χ1v) is 14.2. The fourth-order valence-corrected chi connectivity index (χ4v) is 7.17. The summed E-state index contributed by atoms with van der Waals surface area (Å²) in [5.74, 6) is 0.927. The van der Waals surface area contributed by atoms with Crippen LogP contribution in [0.25, 0.3) is 0 Å². The Bertz CT molecular complexity index is 1260. The zero-order valence-corrected chi connectivity index (χ0v) is 22.9. The van der Waals surface area contributed by atoms with Gasteiger partial charge in [0.1, 0.15) is 18.1 Å². The first kappa shape index (κ1) is 24.8. The third-order valence-corrected chi connectivity index (χ3v) is 9.49. The van der Waals surface area contributed by atoms with E-state index in [1.54, 1.807) is 0 Å². The lowest BCUT2D eigenvalue weighted by molar-refractivity contribution is 0.0761. The highest BCUT2D eigenvalue weighted by molar-refractivity contribution is 9.10. The van der Waals surface area contributed by atoms with Gasteiger partial charge in [-0.05, 0) is 69.3 Å². The van der Waals surface area contributed by atoms with Gasteiger partial charge < -0.3 is 19.9 Å². The topological polar surface area (TPSA) is 94.4 Å². The minimum atomic E-state index is -0.458. The van der Waals surface area contributed by atoms with Crippen LogP contribution in [0.4, 0.5) is 5.82 Å². The summed E-state index contributed by atoms with van der Waals surface area (Å²) in [7, 11) is 2.12. The molecule has 2 fully saturated rings. The average molecular weight is 566 g/mol. The number of anilines is 1. The number of ketones is 1. The van der Waals surface area contributed by atoms with E-state index in [1.807, 2.05) is 0 Å². The van der Waals surface area contributed by atoms with Gasteiger partial charge in [0.25, 0.3) is 0 Å². The molecule has 1 aromatic heterocycles. The number of hydrogen-bond acceptors (Lipinski definition) is 8. The zero-order valence-electron chi connectivity index (χ0n) is 21.3. The normalized spacial score (nSPS) is 27.3. The summed E-state index contributed by atoms with van der Waals surface area (Å²) < 4.78 is 7.28. The maximum atomic E-state index is 14.2. The summed E-state index contributed by atoms with van der Waals surface area (Å²) in [6.45, 7) is 3.82. The predicted octanol–water partition coefficient (Wildman–Crippen LogP) is 3.32. The van der Waals surface area contributed by atoms with Crippen LogP contribution >= 0.6 is 15.9 Å². The number of fused-ring (bicyclic) bond motifs is 2. The second-order valence-electron chi connectivity index (χ2n) is 11.0. The number of hydrogen-bond donors (Lipinski definition) is 1. The molecule has 2 aliphatic carbocycles. The van der Waals surface area contributed by atoms with E-state index < -0.39 is 5.41 Å². The lowest BCUT2D eigenvalue weighted by Crippen LogP contribution is -2.51. The Labute approximate surface area is 226 Å². The molecule has 194 valence electrons. The van der Waals surface area contributed by atoms with E-state index in [0.29, 0.717) is 37.3 Å². The molecule has 37 heavy (non-hydrogen) atoms. The third-order valence-electron chi connectivity index (χ3n) is 8.74. The van der Waals surface area contributed by atoms with Crippen molar-refractivity contribution in [1.29, 1.82) is 5.26 Å². The number of likely N-dealkylation sites (N-methyl/N-ethyl adjacent to an activating group) is 1. The van der Waals surface area contributed by atoms with E-state index in [0.717, 1.165) is 67.6 Å². The number of piperazine rings is 1. The Morgan fingerprint density at radius 2 is 2.16 bits per heavy atom. The van der Waals surface area contributed by atoms with E-state index in [4.69, 9.17) is 14.7 Å². The van der Waals surface area contributed by atoms with Crippen LogP contribution in [0, 0.1) is 16.7 Å². The van der Waals surface area contributed by atoms with Gasteiger partial charge in [-0.2, -0.15) is 15.2 Å². The molecule has 1 spiro atoms. The van der Waals surface area contributed by atoms with Crippen molar-refractivity contribution < 1.29 is 9.53 Å². The molecule has 2 saturated heterocycles. The molecule has 0 radical (unpaired) electrons. The summed E-state index contributed by atoms with van der Waals surface area (Å²) in [5, 5.41) is 12.7. The highest BCUT2D eigenvalue weighted by atomic mass is 79.9. The lowest BCUT2D eigenvalue weighted by Gasteiger charge is -2.38. The van der Waals surface area contributed by atoms with Gasteiger partial charge in [0.2, 0.25) is 0 Å². The third kappa shape index (κ3) is 4.53. The molecule has 4 aliphatic rings. The van der Waals surface area contributed by atoms with Crippen molar-refractivity contribution >= 4 is 27.5 Å². The quantitative estimate of drug-likeness (QED) is 0.591. The van der Waals surface area contributed by atoms with Crippen molar-refractivity contribution in [3.8, 4) is 12.1 Å². The van der Waals surface area contributed by atoms with Crippen LogP contribution in [0.15, 0.2) is 22.7 Å². The lowest BCUT2D eigenvalue weighted by atomic mass is 9.70. The Morgan fingerprint density at radius 3 is 2.95 bits per heavy atom. The van der Waals surface area contributed by atoms with E-state index in [9.17, 15) is 10.1 Å². The van der Waals surface area contributed by atoms with E-state index in [2.05, 4.69) is 62.4 Å². The summed E-state index contributed by atoms with van der Waals surface area (Å²) in [4.78, 5) is 28.5. The van der Waals surface area contributed by atoms with Gasteiger partial charge in [0.15, 0.2) is 5.78 Å². The number of ether oxygens (including phenoxy) is 1. The van der Waals surface area contributed by atoms with Gasteiger partial charge in [-0.1, -0.05) is 28.1 Å². The fraction of sp³-hybridized carbons (Fsp3) is 0.571. The molecule has 1 unspecified atom stereocenters. The van der Waals surface area contributed by atoms with Crippen molar-refractivity contribution in [2.45, 2.75) is 57.0 Å². The van der Waals surface area contributed by atoms with Crippen molar-refractivity contribution in [2.75, 3.05) is 44.7 Å². The Balaban J connectivity index is 1.35. The highest BCUT2D eigenvalue weighted by Crippen LogP contribution is 2.49. The van der Waals surface area contributed by atoms with Gasteiger partial charge >= 0.3 is 6.01 Å². The van der Waals surface area contributed by atoms with Gasteiger partial charge in [-0.15, -0.1) is 0 Å². The Hall–Kier alpha value is -2.54. The molecule has 9 heteroatoms. The van der Waals surface area contributed by atoms with Crippen molar-refractivity contribution in [3.05, 3.63) is 45.1 Å². The standard InChI is InChI=1S/C28H33BrN6O2/c1-34-12-3-5-20(34)17-37-27-32-24-21(26(33-27)35-13-11-31-19(16-35)8-10-30)7-9-28(25(24)36)14-18-4-2-6-23(29)22(18)15-28/h2,4,6,19-20,31H,3,5,7-9,11-17H2,1H3/t19-,20-,28?/m0/s1. The number of Topliss-reactive ketones (excluding diaryl/α,β-unsaturated/α-hetero) is 1. The molecular weight excluding hydrogens is 532 g/mol. The van der Waals surface area contributed by atoms with Gasteiger partial charge in [-0.25, -0.2) is 0 Å². The number of nitrogens with one attached hydrogen (secondary N) is 1. The molecule has 6 rings (SSSR count). The van der Waals surface area contributed by atoms with Gasteiger partial charge in [0, 0.05) is 47.2 Å². The van der Waals surface area contributed by atoms with Crippen LogP contribution in [0.1, 0.15) is 52.9 Å². The largest absolute Gasteiger partial charge is 0.462 e. The van der Waals surface area contributed by atoms with Gasteiger partial charge in [0.05, 0.1) is 12.5 Å². The summed E-state index contributed by atoms with van der Waals surface area (Å²) >= 11 is 3.70. The molecule has 8 nitrogen and oxygen atoms in total. The first-order chi connectivity index (χ1) is 18.0. The second-order valence-corrected chi connectivity index (χ2v) is 11.9. The van der Waals surface area contributed by atoms with Crippen LogP contribution in [-0.4, -0.2) is 72.6 Å². The number of rotatable bonds is 5. The van der Waals surface area contributed by atoms with E-state index in [-0.39, 0.29) is 11.8 Å². The second kappa shape index (κ2) is 9.97. The van der Waals surface area contributed by atoms with Crippen molar-refractivity contribution in [3.63, 3.8) is 0 Å². The van der Waals surface area contributed by atoms with Crippen LogP contribution < -0.4 is 15.0 Å². The molecular formula is C28H33BrN6O2. The summed E-state index contributed by atoms with van der Waals surface area (Å²) in [6.07, 6.45) is 5.74. The van der Waals surface area contributed by atoms with Crippen molar-refractivity contribution in [1.82, 2.24) is 20.2 Å².